The summed E-state index contributed by atoms with van der Waals surface area (Å²) < 4.78 is 39.8. The molecule has 0 aromatic heterocycles. The lowest BCUT2D eigenvalue weighted by atomic mass is 9.92. The molecule has 1 N–H and O–H groups in total. The first kappa shape index (κ1) is 22.4. The molecule has 1 saturated heterocycles. The number of benzene rings is 1. The van der Waals surface area contributed by atoms with Gasteiger partial charge in [0.1, 0.15) is 0 Å². The predicted molar refractivity (Wildman–Crippen MR) is 102 cm³/mol. The first-order chi connectivity index (χ1) is 13.5. The van der Waals surface area contributed by atoms with Gasteiger partial charge in [-0.05, 0) is 24.1 Å². The van der Waals surface area contributed by atoms with Crippen molar-refractivity contribution >= 4 is 5.91 Å². The van der Waals surface area contributed by atoms with Crippen LogP contribution in [0.4, 0.5) is 8.78 Å². The van der Waals surface area contributed by atoms with Gasteiger partial charge in [-0.15, -0.1) is 0 Å². The molecule has 0 aliphatic carbocycles. The standard InChI is InChI=1S/C20H30F2N2O4/c1-4-14(5-2)16(24-8-10-27-11-9-24)13-23-19(25)15-6-7-17(28-20(21)22)18(12-15)26-3/h6-7,12,14,16,20H,4-5,8-11,13H2,1-3H3,(H,23,25). The summed E-state index contributed by atoms with van der Waals surface area (Å²) in [4.78, 5) is 15.0. The molecule has 1 heterocycles. The van der Waals surface area contributed by atoms with E-state index in [9.17, 15) is 13.6 Å². The average Bonchev–Trinajstić information content (AvgIpc) is 2.71. The molecule has 1 atom stereocenters. The van der Waals surface area contributed by atoms with E-state index in [0.29, 0.717) is 31.2 Å². The Balaban J connectivity index is 2.06. The number of nitrogens with one attached hydrogen (secondary N) is 1. The average molecular weight is 400 g/mol. The summed E-state index contributed by atoms with van der Waals surface area (Å²) >= 11 is 0. The molecule has 1 unspecified atom stereocenters. The van der Waals surface area contributed by atoms with Gasteiger partial charge in [-0.3, -0.25) is 9.69 Å². The van der Waals surface area contributed by atoms with Gasteiger partial charge < -0.3 is 19.5 Å². The second-order valence-corrected chi connectivity index (χ2v) is 6.75. The SMILES string of the molecule is CCC(CC)C(CNC(=O)c1ccc(OC(F)F)c(OC)c1)N1CCOCC1. The van der Waals surface area contributed by atoms with Gasteiger partial charge in [0.2, 0.25) is 0 Å². The maximum absolute atomic E-state index is 12.6. The topological polar surface area (TPSA) is 60.0 Å². The summed E-state index contributed by atoms with van der Waals surface area (Å²) in [6.45, 7) is 4.99. The maximum atomic E-state index is 12.6. The number of rotatable bonds is 10. The Kier molecular flexibility index (Phi) is 8.92. The summed E-state index contributed by atoms with van der Waals surface area (Å²) in [6.07, 6.45) is 2.06. The number of ether oxygens (including phenoxy) is 3. The van der Waals surface area contributed by atoms with Crippen LogP contribution in [0.3, 0.4) is 0 Å². The Morgan fingerprint density at radius 2 is 1.89 bits per heavy atom. The third-order valence-corrected chi connectivity index (χ3v) is 5.22. The number of halogens is 2. The van der Waals surface area contributed by atoms with Crippen molar-refractivity contribution in [3.63, 3.8) is 0 Å². The Bertz CT molecular complexity index is 620. The van der Waals surface area contributed by atoms with Gasteiger partial charge in [-0.2, -0.15) is 8.78 Å². The van der Waals surface area contributed by atoms with Crippen LogP contribution < -0.4 is 14.8 Å². The summed E-state index contributed by atoms with van der Waals surface area (Å²) in [5.41, 5.74) is 0.337. The number of hydrogen-bond acceptors (Lipinski definition) is 5. The van der Waals surface area contributed by atoms with E-state index < -0.39 is 6.61 Å². The van der Waals surface area contributed by atoms with Crippen molar-refractivity contribution in [2.24, 2.45) is 5.92 Å². The molecular weight excluding hydrogens is 370 g/mol. The number of carbonyl (C=O) groups is 1. The Morgan fingerprint density at radius 1 is 1.21 bits per heavy atom. The summed E-state index contributed by atoms with van der Waals surface area (Å²) in [5, 5.41) is 2.99. The van der Waals surface area contributed by atoms with Crippen LogP contribution in [-0.2, 0) is 4.74 Å². The Labute approximate surface area is 165 Å². The molecule has 0 spiro atoms. The van der Waals surface area contributed by atoms with E-state index in [4.69, 9.17) is 9.47 Å². The van der Waals surface area contributed by atoms with E-state index in [1.54, 1.807) is 0 Å². The second-order valence-electron chi connectivity index (χ2n) is 6.75. The van der Waals surface area contributed by atoms with E-state index >= 15 is 0 Å². The van der Waals surface area contributed by atoms with Crippen molar-refractivity contribution in [1.29, 1.82) is 0 Å². The largest absolute Gasteiger partial charge is 0.493 e. The molecule has 0 saturated carbocycles. The lowest BCUT2D eigenvalue weighted by Crippen LogP contribution is -2.52. The first-order valence-electron chi connectivity index (χ1n) is 9.72. The van der Waals surface area contributed by atoms with Crippen molar-refractivity contribution in [1.82, 2.24) is 10.2 Å². The molecule has 8 heteroatoms. The number of morpholine rings is 1. The van der Waals surface area contributed by atoms with Crippen molar-refractivity contribution < 1.29 is 27.8 Å². The number of amides is 1. The molecule has 0 bridgehead atoms. The van der Waals surface area contributed by atoms with Crippen LogP contribution >= 0.6 is 0 Å². The molecule has 1 amide bonds. The van der Waals surface area contributed by atoms with Gasteiger partial charge in [-0.25, -0.2) is 0 Å². The summed E-state index contributed by atoms with van der Waals surface area (Å²) in [7, 11) is 1.34. The number of alkyl halides is 2. The zero-order valence-corrected chi connectivity index (χ0v) is 16.7. The molecule has 1 aliphatic heterocycles. The van der Waals surface area contributed by atoms with Crippen LogP contribution in [-0.4, -0.2) is 63.4 Å². The van der Waals surface area contributed by atoms with Gasteiger partial charge in [0, 0.05) is 31.2 Å². The van der Waals surface area contributed by atoms with Crippen molar-refractivity contribution in [3.05, 3.63) is 23.8 Å². The Hall–Kier alpha value is -1.93. The minimum absolute atomic E-state index is 0.0951. The monoisotopic (exact) mass is 400 g/mol. The van der Waals surface area contributed by atoms with E-state index in [1.165, 1.54) is 25.3 Å². The van der Waals surface area contributed by atoms with Crippen LogP contribution in [0.2, 0.25) is 0 Å². The minimum atomic E-state index is -2.96. The lowest BCUT2D eigenvalue weighted by molar-refractivity contribution is -0.0512. The smallest absolute Gasteiger partial charge is 0.387 e. The van der Waals surface area contributed by atoms with E-state index in [0.717, 1.165) is 25.9 Å². The van der Waals surface area contributed by atoms with Crippen LogP contribution in [0, 0.1) is 5.92 Å². The van der Waals surface area contributed by atoms with Crippen molar-refractivity contribution in [2.75, 3.05) is 40.0 Å². The highest BCUT2D eigenvalue weighted by molar-refractivity contribution is 5.94. The fourth-order valence-electron chi connectivity index (χ4n) is 3.64. The normalized spacial score (nSPS) is 16.2. The molecule has 1 aliphatic rings. The van der Waals surface area contributed by atoms with Crippen molar-refractivity contribution in [2.45, 2.75) is 39.3 Å². The van der Waals surface area contributed by atoms with Gasteiger partial charge in [0.25, 0.3) is 5.91 Å². The van der Waals surface area contributed by atoms with Gasteiger partial charge in [0.15, 0.2) is 11.5 Å². The zero-order valence-electron chi connectivity index (χ0n) is 16.7. The molecule has 6 nitrogen and oxygen atoms in total. The fourth-order valence-corrected chi connectivity index (χ4v) is 3.64. The van der Waals surface area contributed by atoms with E-state index in [1.807, 2.05) is 0 Å². The number of nitrogens with zero attached hydrogens (tertiary/aromatic N) is 1. The second kappa shape index (κ2) is 11.2. The first-order valence-corrected chi connectivity index (χ1v) is 9.72. The molecule has 28 heavy (non-hydrogen) atoms. The van der Waals surface area contributed by atoms with Crippen LogP contribution in [0.15, 0.2) is 18.2 Å². The molecule has 158 valence electrons. The zero-order chi connectivity index (χ0) is 20.5. The number of hydrogen-bond donors (Lipinski definition) is 1. The molecule has 2 rings (SSSR count). The number of carbonyl (C=O) groups excluding carboxylic acids is 1. The van der Waals surface area contributed by atoms with Crippen LogP contribution in [0.5, 0.6) is 11.5 Å². The fraction of sp³-hybridized carbons (Fsp3) is 0.650. The molecule has 0 radical (unpaired) electrons. The lowest BCUT2D eigenvalue weighted by Gasteiger charge is -2.38. The van der Waals surface area contributed by atoms with Crippen molar-refractivity contribution in [3.8, 4) is 11.5 Å². The van der Waals surface area contributed by atoms with Crippen LogP contribution in [0.25, 0.3) is 0 Å². The molecule has 1 fully saturated rings. The summed E-state index contributed by atoms with van der Waals surface area (Å²) in [5.74, 6) is 0.191. The van der Waals surface area contributed by atoms with Crippen LogP contribution in [0.1, 0.15) is 37.0 Å². The summed E-state index contributed by atoms with van der Waals surface area (Å²) in [6, 6.07) is 4.41. The quantitative estimate of drug-likeness (QED) is 0.654. The van der Waals surface area contributed by atoms with E-state index in [2.05, 4.69) is 28.8 Å². The maximum Gasteiger partial charge on any atom is 0.387 e. The molecule has 1 aromatic carbocycles. The molecule has 1 aromatic rings. The van der Waals surface area contributed by atoms with Gasteiger partial charge >= 0.3 is 6.61 Å². The highest BCUT2D eigenvalue weighted by Gasteiger charge is 2.27. The van der Waals surface area contributed by atoms with Gasteiger partial charge in [-0.1, -0.05) is 26.7 Å². The van der Waals surface area contributed by atoms with E-state index in [-0.39, 0.29) is 23.4 Å². The highest BCUT2D eigenvalue weighted by Crippen LogP contribution is 2.29. The highest BCUT2D eigenvalue weighted by atomic mass is 19.3. The van der Waals surface area contributed by atoms with Gasteiger partial charge in [0.05, 0.1) is 20.3 Å². The third-order valence-electron chi connectivity index (χ3n) is 5.22. The number of methoxy groups -OCH3 is 1. The molecular formula is C20H30F2N2O4. The Morgan fingerprint density at radius 3 is 2.46 bits per heavy atom. The predicted octanol–water partition coefficient (Wildman–Crippen LogP) is 3.16. The minimum Gasteiger partial charge on any atom is -0.493 e. The third kappa shape index (κ3) is 6.04.